The first-order chi connectivity index (χ1) is 11.6. The number of carbonyl (C=O) groups excluding carboxylic acids is 1. The van der Waals surface area contributed by atoms with Crippen LogP contribution in [0.3, 0.4) is 0 Å². The lowest BCUT2D eigenvalue weighted by Gasteiger charge is -2.25. The van der Waals surface area contributed by atoms with Gasteiger partial charge in [-0.2, -0.15) is 13.2 Å². The van der Waals surface area contributed by atoms with E-state index in [9.17, 15) is 23.1 Å². The summed E-state index contributed by atoms with van der Waals surface area (Å²) in [4.78, 5) is 12.5. The predicted octanol–water partition coefficient (Wildman–Crippen LogP) is 4.15. The number of aliphatic hydroxyl groups is 1. The molecule has 2 N–H and O–H groups in total. The molecule has 0 fully saturated rings. The second kappa shape index (κ2) is 7.49. The van der Waals surface area contributed by atoms with Crippen LogP contribution in [0.5, 0.6) is 0 Å². The standard InChI is InChI=1S/C17H17ClF3NO3/c1-3-25-13-7-4-9(2)15(23)14(13)16(24)22-10-5-6-12(18)11(8-10)17(19,20)21/h4-9,15,23H,3H2,1-2H3,(H,22,24)/t9?,15-/m0/s1. The highest BCUT2D eigenvalue weighted by molar-refractivity contribution is 6.31. The lowest BCUT2D eigenvalue weighted by Crippen LogP contribution is -2.32. The number of halogens is 4. The first kappa shape index (κ1) is 19.3. The number of rotatable bonds is 4. The van der Waals surface area contributed by atoms with E-state index in [4.69, 9.17) is 16.3 Å². The van der Waals surface area contributed by atoms with Crippen molar-refractivity contribution >= 4 is 23.2 Å². The zero-order valence-corrected chi connectivity index (χ0v) is 14.3. The number of aliphatic hydroxyl groups excluding tert-OH is 1. The van der Waals surface area contributed by atoms with Crippen molar-refractivity contribution in [1.29, 1.82) is 0 Å². The predicted molar refractivity (Wildman–Crippen MR) is 88.0 cm³/mol. The summed E-state index contributed by atoms with van der Waals surface area (Å²) in [7, 11) is 0. The van der Waals surface area contributed by atoms with E-state index in [1.807, 2.05) is 0 Å². The smallest absolute Gasteiger partial charge is 0.417 e. The first-order valence-corrected chi connectivity index (χ1v) is 7.94. The molecule has 1 aromatic carbocycles. The highest BCUT2D eigenvalue weighted by atomic mass is 35.5. The highest BCUT2D eigenvalue weighted by Crippen LogP contribution is 2.36. The molecule has 25 heavy (non-hydrogen) atoms. The van der Waals surface area contributed by atoms with Gasteiger partial charge in [-0.3, -0.25) is 4.79 Å². The number of alkyl halides is 3. The molecule has 136 valence electrons. The Kier molecular flexibility index (Phi) is 5.80. The van der Waals surface area contributed by atoms with Crippen molar-refractivity contribution in [1.82, 2.24) is 0 Å². The Morgan fingerprint density at radius 2 is 2.08 bits per heavy atom. The van der Waals surface area contributed by atoms with Crippen molar-refractivity contribution in [2.75, 3.05) is 11.9 Å². The second-order valence-corrected chi connectivity index (χ2v) is 5.93. The van der Waals surface area contributed by atoms with Crippen molar-refractivity contribution in [2.45, 2.75) is 26.1 Å². The van der Waals surface area contributed by atoms with Crippen molar-refractivity contribution in [3.8, 4) is 0 Å². The van der Waals surface area contributed by atoms with Gasteiger partial charge in [-0.05, 0) is 31.2 Å². The zero-order valence-electron chi connectivity index (χ0n) is 13.5. The molecule has 4 nitrogen and oxygen atoms in total. The molecule has 2 atom stereocenters. The minimum atomic E-state index is -4.64. The quantitative estimate of drug-likeness (QED) is 0.831. The molecule has 1 aliphatic carbocycles. The van der Waals surface area contributed by atoms with Crippen LogP contribution in [-0.4, -0.2) is 23.7 Å². The van der Waals surface area contributed by atoms with Gasteiger partial charge in [0.15, 0.2) is 0 Å². The van der Waals surface area contributed by atoms with Gasteiger partial charge < -0.3 is 15.2 Å². The Morgan fingerprint density at radius 3 is 2.68 bits per heavy atom. The summed E-state index contributed by atoms with van der Waals surface area (Å²) >= 11 is 5.56. The summed E-state index contributed by atoms with van der Waals surface area (Å²) in [5.41, 5.74) is -1.16. The second-order valence-electron chi connectivity index (χ2n) is 5.52. The number of nitrogens with one attached hydrogen (secondary N) is 1. The summed E-state index contributed by atoms with van der Waals surface area (Å²) in [6.07, 6.45) is -2.51. The van der Waals surface area contributed by atoms with Gasteiger partial charge >= 0.3 is 6.18 Å². The van der Waals surface area contributed by atoms with E-state index in [2.05, 4.69) is 5.32 Å². The molecule has 0 radical (unpaired) electrons. The molecule has 0 heterocycles. The summed E-state index contributed by atoms with van der Waals surface area (Å²) in [5.74, 6) is -0.876. The maximum absolute atomic E-state index is 12.9. The number of anilines is 1. The molecule has 0 saturated carbocycles. The maximum atomic E-state index is 12.9. The third-order valence-electron chi connectivity index (χ3n) is 3.68. The SMILES string of the molecule is CCOC1=C(C(=O)Nc2ccc(Cl)c(C(F)(F)F)c2)[C@@H](O)C(C)C=C1. The lowest BCUT2D eigenvalue weighted by molar-refractivity contribution is -0.137. The van der Waals surface area contributed by atoms with Gasteiger partial charge in [0.1, 0.15) is 5.76 Å². The fourth-order valence-corrected chi connectivity index (χ4v) is 2.61. The molecule has 0 aliphatic heterocycles. The number of amides is 1. The molecule has 0 aromatic heterocycles. The molecule has 0 bridgehead atoms. The molecule has 0 saturated heterocycles. The Bertz CT molecular complexity index is 728. The number of ether oxygens (including phenoxy) is 1. The van der Waals surface area contributed by atoms with Crippen molar-refractivity contribution in [3.63, 3.8) is 0 Å². The van der Waals surface area contributed by atoms with Gasteiger partial charge in [-0.25, -0.2) is 0 Å². The van der Waals surface area contributed by atoms with Crippen LogP contribution in [0.1, 0.15) is 19.4 Å². The molecule has 2 rings (SSSR count). The summed E-state index contributed by atoms with van der Waals surface area (Å²) in [5, 5.41) is 12.2. The van der Waals surface area contributed by atoms with Crippen LogP contribution in [0.15, 0.2) is 41.7 Å². The van der Waals surface area contributed by atoms with Crippen molar-refractivity contribution in [2.24, 2.45) is 5.92 Å². The lowest BCUT2D eigenvalue weighted by atomic mass is 9.90. The highest BCUT2D eigenvalue weighted by Gasteiger charge is 2.34. The minimum absolute atomic E-state index is 0.0274. The van der Waals surface area contributed by atoms with E-state index in [1.165, 1.54) is 6.07 Å². The van der Waals surface area contributed by atoms with E-state index in [0.29, 0.717) is 0 Å². The molecule has 1 aliphatic rings. The normalized spacial score (nSPS) is 20.6. The minimum Gasteiger partial charge on any atom is -0.493 e. The summed E-state index contributed by atoms with van der Waals surface area (Å²) < 4.78 is 44.1. The van der Waals surface area contributed by atoms with Crippen LogP contribution in [0, 0.1) is 5.92 Å². The van der Waals surface area contributed by atoms with E-state index in [0.717, 1.165) is 12.1 Å². The molecule has 0 spiro atoms. The third-order valence-corrected chi connectivity index (χ3v) is 4.01. The number of hydrogen-bond donors (Lipinski definition) is 2. The Morgan fingerprint density at radius 1 is 1.40 bits per heavy atom. The van der Waals surface area contributed by atoms with Gasteiger partial charge in [0, 0.05) is 11.6 Å². The molecular weight excluding hydrogens is 359 g/mol. The number of allylic oxidation sites excluding steroid dienone is 1. The fourth-order valence-electron chi connectivity index (χ4n) is 2.39. The van der Waals surface area contributed by atoms with Crippen LogP contribution >= 0.6 is 11.6 Å². The van der Waals surface area contributed by atoms with Gasteiger partial charge in [0.05, 0.1) is 28.9 Å². The van der Waals surface area contributed by atoms with Crippen LogP contribution < -0.4 is 5.32 Å². The van der Waals surface area contributed by atoms with Gasteiger partial charge in [0.2, 0.25) is 0 Å². The van der Waals surface area contributed by atoms with Crippen LogP contribution in [0.25, 0.3) is 0 Å². The van der Waals surface area contributed by atoms with E-state index < -0.39 is 28.8 Å². The van der Waals surface area contributed by atoms with E-state index in [1.54, 1.807) is 26.0 Å². The first-order valence-electron chi connectivity index (χ1n) is 7.56. The zero-order chi connectivity index (χ0) is 18.8. The third kappa shape index (κ3) is 4.35. The molecular formula is C17H17ClF3NO3. The van der Waals surface area contributed by atoms with E-state index >= 15 is 0 Å². The van der Waals surface area contributed by atoms with Gasteiger partial charge in [-0.1, -0.05) is 24.6 Å². The van der Waals surface area contributed by atoms with Crippen LogP contribution in [0.2, 0.25) is 5.02 Å². The fraction of sp³-hybridized carbons (Fsp3) is 0.353. The van der Waals surface area contributed by atoms with Crippen molar-refractivity contribution < 1.29 is 27.8 Å². The maximum Gasteiger partial charge on any atom is 0.417 e. The largest absolute Gasteiger partial charge is 0.493 e. The van der Waals surface area contributed by atoms with Crippen molar-refractivity contribution in [3.05, 3.63) is 52.3 Å². The van der Waals surface area contributed by atoms with E-state index in [-0.39, 0.29) is 29.5 Å². The summed E-state index contributed by atoms with van der Waals surface area (Å²) in [6, 6.07) is 3.05. The molecule has 8 heteroatoms. The Labute approximate surface area is 147 Å². The summed E-state index contributed by atoms with van der Waals surface area (Å²) in [6.45, 7) is 3.70. The van der Waals surface area contributed by atoms with Crippen LogP contribution in [0.4, 0.5) is 18.9 Å². The van der Waals surface area contributed by atoms with Crippen LogP contribution in [-0.2, 0) is 15.7 Å². The monoisotopic (exact) mass is 375 g/mol. The Balaban J connectivity index is 2.33. The average molecular weight is 376 g/mol. The average Bonchev–Trinajstić information content (AvgIpc) is 2.52. The number of carbonyl (C=O) groups is 1. The molecule has 1 aromatic rings. The number of benzene rings is 1. The van der Waals surface area contributed by atoms with Gasteiger partial charge in [-0.15, -0.1) is 0 Å². The Hall–Kier alpha value is -1.99. The topological polar surface area (TPSA) is 58.6 Å². The van der Waals surface area contributed by atoms with Gasteiger partial charge in [0.25, 0.3) is 5.91 Å². The molecule has 1 unspecified atom stereocenters. The molecule has 1 amide bonds. The number of hydrogen-bond acceptors (Lipinski definition) is 3.